The van der Waals surface area contributed by atoms with Crippen LogP contribution in [0.25, 0.3) is 0 Å². The van der Waals surface area contributed by atoms with Crippen molar-refractivity contribution in [2.45, 2.75) is 64.2 Å². The minimum absolute atomic E-state index is 0. The molecule has 0 aliphatic heterocycles. The van der Waals surface area contributed by atoms with Crippen LogP contribution in [0.4, 0.5) is 0 Å². The number of alkyl halides is 2. The van der Waals surface area contributed by atoms with E-state index < -0.39 is 0 Å². The summed E-state index contributed by atoms with van der Waals surface area (Å²) in [7, 11) is 0. The summed E-state index contributed by atoms with van der Waals surface area (Å²) < 4.78 is 0. The third kappa shape index (κ3) is 15.0. The molecule has 0 nitrogen and oxygen atoms in total. The van der Waals surface area contributed by atoms with Crippen LogP contribution < -0.4 is 0 Å². The van der Waals surface area contributed by atoms with E-state index >= 15 is 0 Å². The first-order valence-electron chi connectivity index (χ1n) is 9.40. The predicted molar refractivity (Wildman–Crippen MR) is 116 cm³/mol. The summed E-state index contributed by atoms with van der Waals surface area (Å²) in [5, 5.41) is 2.31. The summed E-state index contributed by atoms with van der Waals surface area (Å²) in [6, 6.07) is 17.3. The second-order valence-electron chi connectivity index (χ2n) is 6.29. The van der Waals surface area contributed by atoms with Crippen LogP contribution in [0.5, 0.6) is 0 Å². The summed E-state index contributed by atoms with van der Waals surface area (Å²) in [5.74, 6) is 0. The van der Waals surface area contributed by atoms with Crippen LogP contribution in [0.3, 0.4) is 0 Å². The van der Waals surface area contributed by atoms with Crippen LogP contribution in [-0.2, 0) is 29.9 Å². The number of unbranched alkanes of at least 4 members (excludes halogenated alkanes) is 6. The van der Waals surface area contributed by atoms with Gasteiger partial charge in [0.1, 0.15) is 0 Å². The molecule has 0 atom stereocenters. The van der Waals surface area contributed by atoms with Gasteiger partial charge < -0.3 is 0 Å². The standard InChI is InChI=1S/2C11H16Br.Fe/c2*12-10-6-2-1-3-7-11-8-4-5-9-11;/h2*4-5,8-9H,1-3,6-7,10H2;/q2*-1;+2. The molecule has 0 radical (unpaired) electrons. The van der Waals surface area contributed by atoms with Gasteiger partial charge in [-0.15, -0.1) is 0 Å². The molecule has 3 heteroatoms. The zero-order valence-electron chi connectivity index (χ0n) is 15.2. The molecule has 2 aromatic carbocycles. The van der Waals surface area contributed by atoms with Crippen LogP contribution in [0, 0.1) is 0 Å². The molecule has 0 saturated heterocycles. The Morgan fingerprint density at radius 1 is 0.600 bits per heavy atom. The predicted octanol–water partition coefficient (Wildman–Crippen LogP) is 7.80. The molecule has 0 aliphatic carbocycles. The molecule has 0 N–H and O–H groups in total. The van der Waals surface area contributed by atoms with Crippen molar-refractivity contribution in [3.63, 3.8) is 0 Å². The quantitative estimate of drug-likeness (QED) is 0.118. The maximum absolute atomic E-state index is 3.44. The van der Waals surface area contributed by atoms with Crippen molar-refractivity contribution in [1.82, 2.24) is 0 Å². The second kappa shape index (κ2) is 19.0. The fourth-order valence-electron chi connectivity index (χ4n) is 2.72. The zero-order chi connectivity index (χ0) is 17.3. The normalized spacial score (nSPS) is 10.0. The molecule has 0 bridgehead atoms. The Bertz CT molecular complexity index is 404. The van der Waals surface area contributed by atoms with Gasteiger partial charge in [0.2, 0.25) is 0 Å². The molecule has 0 fully saturated rings. The average molecular weight is 512 g/mol. The SMILES string of the molecule is BrCCCCCCc1ccc[cH-]1.BrCCCCCCc1ccc[cH-]1.[Fe+2]. The van der Waals surface area contributed by atoms with Gasteiger partial charge in [0, 0.05) is 10.7 Å². The van der Waals surface area contributed by atoms with Crippen LogP contribution in [-0.4, -0.2) is 10.7 Å². The zero-order valence-corrected chi connectivity index (χ0v) is 19.5. The van der Waals surface area contributed by atoms with Crippen molar-refractivity contribution in [1.29, 1.82) is 0 Å². The molecule has 0 aromatic heterocycles. The Hall–Kier alpha value is 0.179. The number of hydrogen-bond acceptors (Lipinski definition) is 0. The van der Waals surface area contributed by atoms with Gasteiger partial charge in [0.05, 0.1) is 0 Å². The van der Waals surface area contributed by atoms with E-state index in [1.807, 2.05) is 0 Å². The second-order valence-corrected chi connectivity index (χ2v) is 7.88. The van der Waals surface area contributed by atoms with Gasteiger partial charge >= 0.3 is 17.1 Å². The third-order valence-corrected chi connectivity index (χ3v) is 5.28. The summed E-state index contributed by atoms with van der Waals surface area (Å²) in [5.41, 5.74) is 2.99. The van der Waals surface area contributed by atoms with E-state index in [1.165, 1.54) is 75.3 Å². The van der Waals surface area contributed by atoms with E-state index in [0.717, 1.165) is 10.7 Å². The van der Waals surface area contributed by atoms with Gasteiger partial charge in [-0.1, -0.05) is 83.2 Å². The van der Waals surface area contributed by atoms with E-state index in [4.69, 9.17) is 0 Å². The van der Waals surface area contributed by atoms with Crippen molar-refractivity contribution in [2.24, 2.45) is 0 Å². The fourth-order valence-corrected chi connectivity index (χ4v) is 3.51. The molecule has 0 amide bonds. The monoisotopic (exact) mass is 510 g/mol. The summed E-state index contributed by atoms with van der Waals surface area (Å²) >= 11 is 6.88. The molecule has 0 heterocycles. The first-order valence-corrected chi connectivity index (χ1v) is 11.6. The molecule has 2 aromatic rings. The van der Waals surface area contributed by atoms with E-state index in [-0.39, 0.29) is 17.1 Å². The molecule has 2 rings (SSSR count). The summed E-state index contributed by atoms with van der Waals surface area (Å²) in [4.78, 5) is 0. The van der Waals surface area contributed by atoms with Crippen LogP contribution in [0.15, 0.2) is 48.5 Å². The van der Waals surface area contributed by atoms with Gasteiger partial charge in [-0.25, -0.2) is 24.3 Å². The molecule has 0 unspecified atom stereocenters. The Labute approximate surface area is 182 Å². The summed E-state index contributed by atoms with van der Waals surface area (Å²) in [6.45, 7) is 0. The van der Waals surface area contributed by atoms with Crippen LogP contribution in [0.2, 0.25) is 0 Å². The van der Waals surface area contributed by atoms with E-state index in [0.29, 0.717) is 0 Å². The van der Waals surface area contributed by atoms with Gasteiger partial charge in [-0.3, -0.25) is 0 Å². The minimum Gasteiger partial charge on any atom is -0.213 e. The maximum Gasteiger partial charge on any atom is 2.00 e. The van der Waals surface area contributed by atoms with Crippen molar-refractivity contribution < 1.29 is 17.1 Å². The van der Waals surface area contributed by atoms with Crippen molar-refractivity contribution in [3.8, 4) is 0 Å². The first-order chi connectivity index (χ1) is 11.9. The number of hydrogen-bond donors (Lipinski definition) is 0. The Morgan fingerprint density at radius 2 is 1.00 bits per heavy atom. The molecule has 142 valence electrons. The molecular weight excluding hydrogens is 480 g/mol. The topological polar surface area (TPSA) is 0 Å². The first kappa shape index (κ1) is 25.2. The maximum atomic E-state index is 3.44. The van der Waals surface area contributed by atoms with Crippen molar-refractivity contribution in [3.05, 3.63) is 59.7 Å². The van der Waals surface area contributed by atoms with E-state index in [9.17, 15) is 0 Å². The number of aryl methyl sites for hydroxylation is 2. The smallest absolute Gasteiger partial charge is 0.213 e. The minimum atomic E-state index is 0. The average Bonchev–Trinajstić information content (AvgIpc) is 3.29. The van der Waals surface area contributed by atoms with Crippen molar-refractivity contribution >= 4 is 31.9 Å². The van der Waals surface area contributed by atoms with Gasteiger partial charge in [0.25, 0.3) is 0 Å². The number of halogens is 2. The fraction of sp³-hybridized carbons (Fsp3) is 0.545. The molecule has 0 spiro atoms. The largest absolute Gasteiger partial charge is 2.00 e. The Balaban J connectivity index is 0.000000443. The molecule has 0 aliphatic rings. The Kier molecular flexibility index (Phi) is 19.1. The molecular formula is C22H32Br2Fe. The third-order valence-electron chi connectivity index (χ3n) is 4.16. The number of rotatable bonds is 12. The Morgan fingerprint density at radius 3 is 1.32 bits per heavy atom. The summed E-state index contributed by atoms with van der Waals surface area (Å²) in [6.07, 6.45) is 13.3. The molecule has 0 saturated carbocycles. The van der Waals surface area contributed by atoms with Gasteiger partial charge in [-0.2, -0.15) is 35.4 Å². The van der Waals surface area contributed by atoms with E-state index in [2.05, 4.69) is 80.4 Å². The van der Waals surface area contributed by atoms with Crippen LogP contribution in [0.1, 0.15) is 62.5 Å². The van der Waals surface area contributed by atoms with Gasteiger partial charge in [0.15, 0.2) is 0 Å². The van der Waals surface area contributed by atoms with E-state index in [1.54, 1.807) is 0 Å². The van der Waals surface area contributed by atoms with Gasteiger partial charge in [-0.05, 0) is 12.8 Å². The van der Waals surface area contributed by atoms with Crippen LogP contribution >= 0.6 is 31.9 Å². The van der Waals surface area contributed by atoms with Crippen molar-refractivity contribution in [2.75, 3.05) is 10.7 Å². The molecule has 25 heavy (non-hydrogen) atoms.